The van der Waals surface area contributed by atoms with Crippen LogP contribution in [0.1, 0.15) is 25.4 Å². The summed E-state index contributed by atoms with van der Waals surface area (Å²) in [4.78, 5) is 0. The summed E-state index contributed by atoms with van der Waals surface area (Å²) in [6.07, 6.45) is 1.91. The third-order valence-corrected chi connectivity index (χ3v) is 6.00. The third-order valence-electron chi connectivity index (χ3n) is 3.62. The molecule has 0 saturated carbocycles. The molecule has 1 fully saturated rings. The average Bonchev–Trinajstić information content (AvgIpc) is 2.91. The monoisotopic (exact) mass is 398 g/mol. The van der Waals surface area contributed by atoms with E-state index in [1.165, 1.54) is 4.31 Å². The zero-order valence-electron chi connectivity index (χ0n) is 14.4. The van der Waals surface area contributed by atoms with Crippen LogP contribution < -0.4 is 5.32 Å². The number of hydrogen-bond donors (Lipinski definition) is 1. The summed E-state index contributed by atoms with van der Waals surface area (Å²) in [5.41, 5.74) is 0. The van der Waals surface area contributed by atoms with Crippen LogP contribution >= 0.6 is 24.2 Å². The maximum Gasteiger partial charge on any atom is 0.215 e. The first-order chi connectivity index (χ1) is 10.9. The topological polar surface area (TPSA) is 71.8 Å². The second-order valence-corrected chi connectivity index (χ2v) is 8.82. The minimum atomic E-state index is -3.25. The number of nitrogens with one attached hydrogen (secondary N) is 1. The van der Waals surface area contributed by atoms with Crippen LogP contribution in [-0.2, 0) is 27.1 Å². The molecule has 2 rings (SSSR count). The van der Waals surface area contributed by atoms with Crippen LogP contribution in [-0.4, -0.2) is 56.6 Å². The minimum Gasteiger partial charge on any atom is -0.464 e. The van der Waals surface area contributed by atoms with E-state index in [1.54, 1.807) is 11.8 Å². The van der Waals surface area contributed by atoms with Gasteiger partial charge in [-0.05, 0) is 32.2 Å². The maximum atomic E-state index is 12.4. The highest BCUT2D eigenvalue weighted by atomic mass is 35.5. The van der Waals surface area contributed by atoms with Crippen molar-refractivity contribution in [1.29, 1.82) is 0 Å². The molecule has 1 aliphatic heterocycles. The fraction of sp³-hybridized carbons (Fsp3) is 0.733. The summed E-state index contributed by atoms with van der Waals surface area (Å²) >= 11 is 1.71. The predicted molar refractivity (Wildman–Crippen MR) is 100 cm³/mol. The van der Waals surface area contributed by atoms with Gasteiger partial charge in [0.05, 0.1) is 30.3 Å². The summed E-state index contributed by atoms with van der Waals surface area (Å²) in [6.45, 7) is 5.62. The van der Waals surface area contributed by atoms with Crippen LogP contribution in [0.3, 0.4) is 0 Å². The molecule has 2 heterocycles. The maximum absolute atomic E-state index is 12.4. The first-order valence-electron chi connectivity index (χ1n) is 7.81. The second-order valence-electron chi connectivity index (χ2n) is 5.87. The zero-order chi connectivity index (χ0) is 16.9. The number of hydrogen-bond acceptors (Lipinski definition) is 6. The lowest BCUT2D eigenvalue weighted by Crippen LogP contribution is -2.49. The van der Waals surface area contributed by atoms with Crippen molar-refractivity contribution in [2.24, 2.45) is 0 Å². The van der Waals surface area contributed by atoms with E-state index in [-0.39, 0.29) is 30.4 Å². The number of thioether (sulfide) groups is 1. The lowest BCUT2D eigenvalue weighted by Gasteiger charge is -2.34. The van der Waals surface area contributed by atoms with Crippen LogP contribution in [0.4, 0.5) is 0 Å². The molecule has 0 aromatic carbocycles. The van der Waals surface area contributed by atoms with Crippen molar-refractivity contribution < 1.29 is 17.6 Å². The average molecular weight is 399 g/mol. The van der Waals surface area contributed by atoms with E-state index in [0.29, 0.717) is 26.2 Å². The Bertz CT molecular complexity index is 584. The summed E-state index contributed by atoms with van der Waals surface area (Å²) in [5.74, 6) is 2.71. The van der Waals surface area contributed by atoms with Crippen molar-refractivity contribution in [3.63, 3.8) is 0 Å². The third kappa shape index (κ3) is 6.57. The van der Waals surface area contributed by atoms with Gasteiger partial charge in [-0.3, -0.25) is 0 Å². The van der Waals surface area contributed by atoms with E-state index >= 15 is 0 Å². The van der Waals surface area contributed by atoms with Gasteiger partial charge < -0.3 is 14.5 Å². The molecule has 0 bridgehead atoms. The molecule has 140 valence electrons. The van der Waals surface area contributed by atoms with Crippen molar-refractivity contribution >= 4 is 34.2 Å². The first-order valence-corrected chi connectivity index (χ1v) is 10.8. The lowest BCUT2D eigenvalue weighted by atomic mass is 10.3. The van der Waals surface area contributed by atoms with Gasteiger partial charge in [-0.1, -0.05) is 0 Å². The highest BCUT2D eigenvalue weighted by molar-refractivity contribution is 7.97. The Kier molecular flexibility index (Phi) is 9.11. The highest BCUT2D eigenvalue weighted by Crippen LogP contribution is 2.15. The van der Waals surface area contributed by atoms with E-state index in [1.807, 2.05) is 32.2 Å². The molecule has 1 N–H and O–H groups in total. The highest BCUT2D eigenvalue weighted by Gasteiger charge is 2.30. The molecule has 1 aromatic heterocycles. The number of nitrogens with zero attached hydrogens (tertiary/aromatic N) is 1. The zero-order valence-corrected chi connectivity index (χ0v) is 16.8. The largest absolute Gasteiger partial charge is 0.464 e. The Balaban J connectivity index is 0.00000288. The fourth-order valence-electron chi connectivity index (χ4n) is 2.64. The van der Waals surface area contributed by atoms with Gasteiger partial charge in [-0.25, -0.2) is 8.42 Å². The molecular weight excluding hydrogens is 372 g/mol. The van der Waals surface area contributed by atoms with Gasteiger partial charge in [0.1, 0.15) is 11.5 Å². The predicted octanol–water partition coefficient (Wildman–Crippen LogP) is 2.09. The standard InChI is InChI=1S/C15H26N2O4S2.ClH/c1-12-9-17(10-13(2)20-12)23(18,19)7-6-16-8-14-4-5-15(21-14)11-22-3;/h4-5,12-13,16H,6-11H2,1-3H3;1H. The molecule has 6 nitrogen and oxygen atoms in total. The molecule has 2 unspecified atom stereocenters. The molecule has 1 saturated heterocycles. The SMILES string of the molecule is CSCc1ccc(CNCCS(=O)(=O)N2CC(C)OC(C)C2)o1.Cl. The Labute approximate surface area is 155 Å². The normalized spacial score (nSPS) is 22.3. The summed E-state index contributed by atoms with van der Waals surface area (Å²) < 4.78 is 37.5. The van der Waals surface area contributed by atoms with Gasteiger partial charge in [-0.15, -0.1) is 12.4 Å². The first kappa shape index (κ1) is 21.8. The van der Waals surface area contributed by atoms with Crippen molar-refractivity contribution in [2.45, 2.75) is 38.4 Å². The van der Waals surface area contributed by atoms with E-state index in [0.717, 1.165) is 17.3 Å². The van der Waals surface area contributed by atoms with Crippen molar-refractivity contribution in [1.82, 2.24) is 9.62 Å². The van der Waals surface area contributed by atoms with Gasteiger partial charge >= 0.3 is 0 Å². The van der Waals surface area contributed by atoms with E-state index in [2.05, 4.69) is 5.32 Å². The van der Waals surface area contributed by atoms with Crippen LogP contribution in [0, 0.1) is 0 Å². The van der Waals surface area contributed by atoms with E-state index in [9.17, 15) is 8.42 Å². The van der Waals surface area contributed by atoms with Gasteiger partial charge in [-0.2, -0.15) is 16.1 Å². The molecule has 0 aliphatic carbocycles. The molecular formula is C15H27ClN2O4S2. The smallest absolute Gasteiger partial charge is 0.215 e. The van der Waals surface area contributed by atoms with Crippen LogP contribution in [0.25, 0.3) is 0 Å². The van der Waals surface area contributed by atoms with Crippen molar-refractivity contribution in [3.8, 4) is 0 Å². The molecule has 2 atom stereocenters. The summed E-state index contributed by atoms with van der Waals surface area (Å²) in [5, 5.41) is 3.14. The molecule has 0 radical (unpaired) electrons. The quantitative estimate of drug-likeness (QED) is 0.676. The Morgan fingerprint density at radius 2 is 1.88 bits per heavy atom. The molecule has 1 aliphatic rings. The van der Waals surface area contributed by atoms with Gasteiger partial charge in [0.25, 0.3) is 0 Å². The second kappa shape index (κ2) is 10.0. The fourth-order valence-corrected chi connectivity index (χ4v) is 4.61. The Hall–Kier alpha value is -0.250. The molecule has 9 heteroatoms. The summed E-state index contributed by atoms with van der Waals surface area (Å²) in [6, 6.07) is 3.89. The Morgan fingerprint density at radius 1 is 1.25 bits per heavy atom. The number of sulfonamides is 1. The number of rotatable bonds is 8. The van der Waals surface area contributed by atoms with Gasteiger partial charge in [0, 0.05) is 19.6 Å². The number of morpholine rings is 1. The van der Waals surface area contributed by atoms with E-state index in [4.69, 9.17) is 9.15 Å². The van der Waals surface area contributed by atoms with Crippen LogP contribution in [0.5, 0.6) is 0 Å². The van der Waals surface area contributed by atoms with E-state index < -0.39 is 10.0 Å². The van der Waals surface area contributed by atoms with Crippen molar-refractivity contribution in [3.05, 3.63) is 23.7 Å². The van der Waals surface area contributed by atoms with Gasteiger partial charge in [0.2, 0.25) is 10.0 Å². The number of ether oxygens (including phenoxy) is 1. The Morgan fingerprint density at radius 3 is 2.50 bits per heavy atom. The summed E-state index contributed by atoms with van der Waals surface area (Å²) in [7, 11) is -3.25. The molecule has 0 spiro atoms. The number of furan rings is 1. The minimum absolute atomic E-state index is 0. The lowest BCUT2D eigenvalue weighted by molar-refractivity contribution is -0.0440. The number of halogens is 1. The molecule has 1 aromatic rings. The van der Waals surface area contributed by atoms with Crippen LogP contribution in [0.15, 0.2) is 16.5 Å². The molecule has 24 heavy (non-hydrogen) atoms. The molecule has 0 amide bonds. The van der Waals surface area contributed by atoms with Crippen molar-refractivity contribution in [2.75, 3.05) is 31.6 Å². The van der Waals surface area contributed by atoms with Crippen LogP contribution in [0.2, 0.25) is 0 Å². The van der Waals surface area contributed by atoms with Gasteiger partial charge in [0.15, 0.2) is 0 Å².